The Morgan fingerprint density at radius 2 is 1.59 bits per heavy atom. The molecule has 0 N–H and O–H groups in total. The van der Waals surface area contributed by atoms with Crippen LogP contribution in [0.3, 0.4) is 0 Å². The van der Waals surface area contributed by atoms with Crippen LogP contribution < -0.4 is 4.74 Å². The molecule has 0 spiro atoms. The molecule has 3 aromatic carbocycles. The quantitative estimate of drug-likeness (QED) is 0.264. The van der Waals surface area contributed by atoms with Crippen molar-refractivity contribution in [2.45, 2.75) is 24.3 Å². The van der Waals surface area contributed by atoms with Gasteiger partial charge in [0.2, 0.25) is 11.8 Å². The average Bonchev–Trinajstić information content (AvgIpc) is 3.53. The number of para-hydroxylation sites is 1. The molecule has 0 amide bonds. The molecule has 0 bridgehead atoms. The van der Waals surface area contributed by atoms with E-state index in [1.54, 1.807) is 7.11 Å². The Kier molecular flexibility index (Phi) is 6.14. The molecule has 8 heteroatoms. The van der Waals surface area contributed by atoms with Gasteiger partial charge in [-0.15, -0.1) is 20.4 Å². The second-order valence-corrected chi connectivity index (χ2v) is 9.06. The lowest BCUT2D eigenvalue weighted by molar-refractivity contribution is 0.416. The highest BCUT2D eigenvalue weighted by atomic mass is 32.2. The van der Waals surface area contributed by atoms with Crippen molar-refractivity contribution in [3.8, 4) is 34.3 Å². The summed E-state index contributed by atoms with van der Waals surface area (Å²) < 4.78 is 13.6. The Labute approximate surface area is 201 Å². The van der Waals surface area contributed by atoms with Crippen LogP contribution in [0.5, 0.6) is 5.75 Å². The monoisotopic (exact) mass is 469 g/mol. The number of rotatable bonds is 7. The minimum atomic E-state index is -0.135. The van der Waals surface area contributed by atoms with E-state index in [1.165, 1.54) is 17.3 Å². The van der Waals surface area contributed by atoms with Gasteiger partial charge in [0.25, 0.3) is 0 Å². The lowest BCUT2D eigenvalue weighted by Gasteiger charge is -2.13. The van der Waals surface area contributed by atoms with E-state index < -0.39 is 0 Å². The van der Waals surface area contributed by atoms with Gasteiger partial charge in [0, 0.05) is 11.3 Å². The van der Waals surface area contributed by atoms with E-state index in [0.717, 1.165) is 27.7 Å². The van der Waals surface area contributed by atoms with Crippen LogP contribution in [0.1, 0.15) is 23.6 Å². The highest BCUT2D eigenvalue weighted by Crippen LogP contribution is 2.38. The lowest BCUT2D eigenvalue weighted by atomic mass is 10.1. The first kappa shape index (κ1) is 21.9. The Bertz CT molecular complexity index is 1400. The number of benzene rings is 3. The molecule has 0 fully saturated rings. The van der Waals surface area contributed by atoms with Crippen molar-refractivity contribution in [3.63, 3.8) is 0 Å². The van der Waals surface area contributed by atoms with Gasteiger partial charge in [0.15, 0.2) is 11.0 Å². The van der Waals surface area contributed by atoms with Gasteiger partial charge in [-0.1, -0.05) is 59.8 Å². The van der Waals surface area contributed by atoms with Crippen LogP contribution in [0, 0.1) is 6.92 Å². The summed E-state index contributed by atoms with van der Waals surface area (Å²) in [6.45, 7) is 4.08. The highest BCUT2D eigenvalue weighted by molar-refractivity contribution is 7.99. The van der Waals surface area contributed by atoms with Crippen molar-refractivity contribution >= 4 is 11.8 Å². The third kappa shape index (κ3) is 4.32. The van der Waals surface area contributed by atoms with Crippen LogP contribution in [-0.2, 0) is 0 Å². The SMILES string of the molecule is COc1ccccc1-c1nnc(SC(C)c2nnc(-c3ccccc3)o2)n1-c1ccc(C)cc1. The van der Waals surface area contributed by atoms with Crippen LogP contribution in [-0.4, -0.2) is 32.1 Å². The first-order valence-electron chi connectivity index (χ1n) is 10.9. The van der Waals surface area contributed by atoms with Crippen LogP contribution in [0.2, 0.25) is 0 Å². The fraction of sp³-hybridized carbons (Fsp3) is 0.154. The molecular weight excluding hydrogens is 446 g/mol. The Morgan fingerprint density at radius 3 is 2.35 bits per heavy atom. The van der Waals surface area contributed by atoms with Gasteiger partial charge in [-0.25, -0.2) is 0 Å². The van der Waals surface area contributed by atoms with Crippen LogP contribution in [0.15, 0.2) is 88.4 Å². The summed E-state index contributed by atoms with van der Waals surface area (Å²) in [4.78, 5) is 0. The average molecular weight is 470 g/mol. The maximum Gasteiger partial charge on any atom is 0.247 e. The summed E-state index contributed by atoms with van der Waals surface area (Å²) in [5.41, 5.74) is 3.89. The number of hydrogen-bond donors (Lipinski definition) is 0. The summed E-state index contributed by atoms with van der Waals surface area (Å²) in [5, 5.41) is 18.2. The van der Waals surface area contributed by atoms with Crippen molar-refractivity contribution in [3.05, 3.63) is 90.3 Å². The number of hydrogen-bond acceptors (Lipinski definition) is 7. The second-order valence-electron chi connectivity index (χ2n) is 7.75. The summed E-state index contributed by atoms with van der Waals surface area (Å²) in [5.74, 6) is 2.46. The van der Waals surface area contributed by atoms with Crippen molar-refractivity contribution in [2.75, 3.05) is 7.11 Å². The maximum absolute atomic E-state index is 5.97. The maximum atomic E-state index is 5.97. The van der Waals surface area contributed by atoms with Crippen LogP contribution in [0.25, 0.3) is 28.5 Å². The standard InChI is InChI=1S/C26H23N5O2S/c1-17-13-15-20(16-14-17)31-23(21-11-7-8-12-22(21)32-3)27-30-26(31)34-18(2)24-28-29-25(33-24)19-9-5-4-6-10-19/h4-16,18H,1-3H3. The van der Waals surface area contributed by atoms with E-state index in [-0.39, 0.29) is 5.25 Å². The molecule has 5 rings (SSSR count). The number of nitrogens with zero attached hydrogens (tertiary/aromatic N) is 5. The minimum absolute atomic E-state index is 0.135. The summed E-state index contributed by atoms with van der Waals surface area (Å²) in [6.07, 6.45) is 0. The van der Waals surface area contributed by atoms with Gasteiger partial charge < -0.3 is 9.15 Å². The van der Waals surface area contributed by atoms with Crippen LogP contribution >= 0.6 is 11.8 Å². The molecule has 0 aliphatic rings. The molecule has 170 valence electrons. The Balaban J connectivity index is 1.52. The zero-order valence-corrected chi connectivity index (χ0v) is 19.9. The number of thioether (sulfide) groups is 1. The van der Waals surface area contributed by atoms with E-state index in [2.05, 4.69) is 51.6 Å². The molecule has 1 atom stereocenters. The van der Waals surface area contributed by atoms with Gasteiger partial charge in [0.1, 0.15) is 5.75 Å². The normalized spacial score (nSPS) is 12.0. The molecule has 2 aromatic heterocycles. The molecule has 2 heterocycles. The summed E-state index contributed by atoms with van der Waals surface area (Å²) in [6, 6.07) is 25.8. The smallest absolute Gasteiger partial charge is 0.247 e. The van der Waals surface area contributed by atoms with E-state index in [4.69, 9.17) is 9.15 Å². The van der Waals surface area contributed by atoms with Crippen molar-refractivity contribution in [2.24, 2.45) is 0 Å². The molecule has 0 radical (unpaired) electrons. The first-order chi connectivity index (χ1) is 16.6. The van der Waals surface area contributed by atoms with E-state index in [1.807, 2.05) is 66.1 Å². The minimum Gasteiger partial charge on any atom is -0.496 e. The van der Waals surface area contributed by atoms with Gasteiger partial charge in [-0.3, -0.25) is 4.57 Å². The number of methoxy groups -OCH3 is 1. The highest BCUT2D eigenvalue weighted by Gasteiger charge is 2.23. The van der Waals surface area contributed by atoms with E-state index >= 15 is 0 Å². The predicted octanol–water partition coefficient (Wildman–Crippen LogP) is 6.15. The predicted molar refractivity (Wildman–Crippen MR) is 132 cm³/mol. The first-order valence-corrected chi connectivity index (χ1v) is 11.7. The zero-order valence-electron chi connectivity index (χ0n) is 19.0. The van der Waals surface area contributed by atoms with Crippen molar-refractivity contribution < 1.29 is 9.15 Å². The molecule has 34 heavy (non-hydrogen) atoms. The molecule has 0 saturated heterocycles. The molecule has 7 nitrogen and oxygen atoms in total. The molecule has 0 saturated carbocycles. The third-order valence-corrected chi connectivity index (χ3v) is 6.39. The molecule has 1 unspecified atom stereocenters. The number of ether oxygens (including phenoxy) is 1. The second kappa shape index (κ2) is 9.52. The zero-order chi connectivity index (χ0) is 23.5. The molecule has 0 aliphatic carbocycles. The fourth-order valence-corrected chi connectivity index (χ4v) is 4.48. The van der Waals surface area contributed by atoms with Gasteiger partial charge in [0.05, 0.1) is 17.9 Å². The summed E-state index contributed by atoms with van der Waals surface area (Å²) in [7, 11) is 1.66. The van der Waals surface area contributed by atoms with E-state index in [9.17, 15) is 0 Å². The molecule has 5 aromatic rings. The number of aromatic nitrogens is 5. The molecule has 0 aliphatic heterocycles. The van der Waals surface area contributed by atoms with E-state index in [0.29, 0.717) is 17.6 Å². The largest absolute Gasteiger partial charge is 0.496 e. The van der Waals surface area contributed by atoms with Gasteiger partial charge in [-0.2, -0.15) is 0 Å². The molecular formula is C26H23N5O2S. The van der Waals surface area contributed by atoms with Crippen molar-refractivity contribution in [1.29, 1.82) is 0 Å². The Hall–Kier alpha value is -3.91. The Morgan fingerprint density at radius 1 is 0.853 bits per heavy atom. The van der Waals surface area contributed by atoms with Crippen molar-refractivity contribution in [1.82, 2.24) is 25.0 Å². The van der Waals surface area contributed by atoms with Gasteiger partial charge in [-0.05, 0) is 50.2 Å². The topological polar surface area (TPSA) is 78.9 Å². The van der Waals surface area contributed by atoms with Gasteiger partial charge >= 0.3 is 0 Å². The number of aryl methyl sites for hydroxylation is 1. The fourth-order valence-electron chi connectivity index (χ4n) is 3.58. The summed E-state index contributed by atoms with van der Waals surface area (Å²) >= 11 is 1.51. The third-order valence-electron chi connectivity index (χ3n) is 5.36. The lowest BCUT2D eigenvalue weighted by Crippen LogP contribution is -2.02. The van der Waals surface area contributed by atoms with Crippen LogP contribution in [0.4, 0.5) is 0 Å².